The summed E-state index contributed by atoms with van der Waals surface area (Å²) in [6.45, 7) is 0.711. The molecule has 3 heteroatoms. The van der Waals surface area contributed by atoms with Gasteiger partial charge in [-0.05, 0) is 18.2 Å². The third kappa shape index (κ3) is 1.89. The molecule has 1 aromatic rings. The van der Waals surface area contributed by atoms with E-state index in [2.05, 4.69) is 22.0 Å². The van der Waals surface area contributed by atoms with E-state index in [9.17, 15) is 0 Å². The summed E-state index contributed by atoms with van der Waals surface area (Å²) in [5.74, 6) is 0.855. The standard InChI is InChI=1S/C10H8BrClO/c11-9-2-1-5-13-10-6-7(12)3-4-8(9)10/h2-4,6H,1,5H2. The minimum absolute atomic E-state index is 0.709. The zero-order valence-electron chi connectivity index (χ0n) is 6.89. The normalized spacial score (nSPS) is 15.4. The van der Waals surface area contributed by atoms with Crippen molar-refractivity contribution in [2.45, 2.75) is 6.42 Å². The van der Waals surface area contributed by atoms with E-state index in [1.54, 1.807) is 0 Å². The van der Waals surface area contributed by atoms with Crippen LogP contribution in [0, 0.1) is 0 Å². The number of rotatable bonds is 0. The van der Waals surface area contributed by atoms with Crippen molar-refractivity contribution in [3.05, 3.63) is 34.9 Å². The van der Waals surface area contributed by atoms with Crippen molar-refractivity contribution >= 4 is 32.0 Å². The van der Waals surface area contributed by atoms with Crippen molar-refractivity contribution in [3.63, 3.8) is 0 Å². The molecule has 0 aromatic heterocycles. The van der Waals surface area contributed by atoms with Gasteiger partial charge in [-0.2, -0.15) is 0 Å². The topological polar surface area (TPSA) is 9.23 Å². The molecule has 1 aliphatic heterocycles. The summed E-state index contributed by atoms with van der Waals surface area (Å²) in [6, 6.07) is 5.67. The second-order valence-corrected chi connectivity index (χ2v) is 4.12. The minimum atomic E-state index is 0.709. The second-order valence-electron chi connectivity index (χ2n) is 2.83. The molecule has 0 unspecified atom stereocenters. The van der Waals surface area contributed by atoms with Crippen LogP contribution < -0.4 is 4.74 Å². The second kappa shape index (κ2) is 3.72. The molecule has 0 saturated carbocycles. The predicted molar refractivity (Wildman–Crippen MR) is 58.5 cm³/mol. The molecule has 1 aromatic carbocycles. The highest BCUT2D eigenvalue weighted by Crippen LogP contribution is 2.34. The fourth-order valence-electron chi connectivity index (χ4n) is 1.28. The van der Waals surface area contributed by atoms with E-state index in [4.69, 9.17) is 16.3 Å². The van der Waals surface area contributed by atoms with Crippen LogP contribution in [-0.4, -0.2) is 6.61 Å². The van der Waals surface area contributed by atoms with Gasteiger partial charge >= 0.3 is 0 Å². The molecule has 13 heavy (non-hydrogen) atoms. The van der Waals surface area contributed by atoms with E-state index in [0.717, 1.165) is 22.2 Å². The molecular formula is C10H8BrClO. The van der Waals surface area contributed by atoms with E-state index >= 15 is 0 Å². The molecule has 1 nitrogen and oxygen atoms in total. The largest absolute Gasteiger partial charge is 0.493 e. The monoisotopic (exact) mass is 258 g/mol. The van der Waals surface area contributed by atoms with Gasteiger partial charge in [0.25, 0.3) is 0 Å². The van der Waals surface area contributed by atoms with Crippen LogP contribution in [0.4, 0.5) is 0 Å². The third-order valence-corrected chi connectivity index (χ3v) is 2.89. The van der Waals surface area contributed by atoms with Crippen LogP contribution in [0.1, 0.15) is 12.0 Å². The molecule has 0 radical (unpaired) electrons. The van der Waals surface area contributed by atoms with E-state index < -0.39 is 0 Å². The van der Waals surface area contributed by atoms with Crippen LogP contribution in [0.2, 0.25) is 5.02 Å². The number of ether oxygens (including phenoxy) is 1. The van der Waals surface area contributed by atoms with Crippen LogP contribution in [0.3, 0.4) is 0 Å². The Morgan fingerprint density at radius 3 is 3.08 bits per heavy atom. The van der Waals surface area contributed by atoms with Gasteiger partial charge < -0.3 is 4.74 Å². The fourth-order valence-corrected chi connectivity index (χ4v) is 2.00. The molecule has 0 saturated heterocycles. The Bertz CT molecular complexity index is 360. The van der Waals surface area contributed by atoms with E-state index in [1.165, 1.54) is 0 Å². The molecule has 0 spiro atoms. The summed E-state index contributed by atoms with van der Waals surface area (Å²) >= 11 is 9.36. The lowest BCUT2D eigenvalue weighted by Crippen LogP contribution is -1.94. The summed E-state index contributed by atoms with van der Waals surface area (Å²) in [5.41, 5.74) is 1.07. The molecule has 2 rings (SSSR count). The molecular weight excluding hydrogens is 251 g/mol. The first-order chi connectivity index (χ1) is 6.27. The van der Waals surface area contributed by atoms with Crippen molar-refractivity contribution in [2.24, 2.45) is 0 Å². The Kier molecular flexibility index (Phi) is 2.61. The predicted octanol–water partition coefficient (Wildman–Crippen LogP) is 3.86. The Hall–Kier alpha value is -0.470. The number of halogens is 2. The first-order valence-electron chi connectivity index (χ1n) is 4.06. The minimum Gasteiger partial charge on any atom is -0.493 e. The average molecular weight is 260 g/mol. The maximum atomic E-state index is 5.86. The molecule has 0 aliphatic carbocycles. The highest BCUT2D eigenvalue weighted by atomic mass is 79.9. The molecule has 1 heterocycles. The molecule has 0 N–H and O–H groups in total. The van der Waals surface area contributed by atoms with Gasteiger partial charge in [-0.15, -0.1) is 0 Å². The zero-order valence-corrected chi connectivity index (χ0v) is 9.23. The molecule has 0 amide bonds. The van der Waals surface area contributed by atoms with Gasteiger partial charge in [0.1, 0.15) is 5.75 Å². The maximum absolute atomic E-state index is 5.86. The van der Waals surface area contributed by atoms with E-state index in [-0.39, 0.29) is 0 Å². The van der Waals surface area contributed by atoms with Crippen LogP contribution in [0.15, 0.2) is 24.3 Å². The number of hydrogen-bond donors (Lipinski definition) is 0. The summed E-state index contributed by atoms with van der Waals surface area (Å²) < 4.78 is 6.61. The van der Waals surface area contributed by atoms with Crippen LogP contribution in [0.25, 0.3) is 4.48 Å². The highest BCUT2D eigenvalue weighted by Gasteiger charge is 2.10. The van der Waals surface area contributed by atoms with E-state index in [0.29, 0.717) is 11.6 Å². The van der Waals surface area contributed by atoms with Crippen LogP contribution in [-0.2, 0) is 0 Å². The quantitative estimate of drug-likeness (QED) is 0.687. The average Bonchev–Trinajstić information content (AvgIpc) is 2.28. The molecule has 0 bridgehead atoms. The molecule has 0 atom stereocenters. The number of fused-ring (bicyclic) bond motifs is 1. The van der Waals surface area contributed by atoms with Gasteiger partial charge in [-0.1, -0.05) is 33.6 Å². The lowest BCUT2D eigenvalue weighted by Gasteiger charge is -2.07. The number of benzene rings is 1. The van der Waals surface area contributed by atoms with Gasteiger partial charge in [0.2, 0.25) is 0 Å². The lowest BCUT2D eigenvalue weighted by molar-refractivity contribution is 0.326. The van der Waals surface area contributed by atoms with Gasteiger partial charge in [0.15, 0.2) is 0 Å². The highest BCUT2D eigenvalue weighted by molar-refractivity contribution is 9.15. The Balaban J connectivity index is 2.52. The summed E-state index contributed by atoms with van der Waals surface area (Å²) in [4.78, 5) is 0. The van der Waals surface area contributed by atoms with Crippen LogP contribution in [0.5, 0.6) is 5.75 Å². The van der Waals surface area contributed by atoms with Gasteiger partial charge in [-0.3, -0.25) is 0 Å². The Morgan fingerprint density at radius 2 is 2.23 bits per heavy atom. The first kappa shape index (κ1) is 9.10. The fraction of sp³-hybridized carbons (Fsp3) is 0.200. The van der Waals surface area contributed by atoms with E-state index in [1.807, 2.05) is 18.2 Å². The molecule has 0 fully saturated rings. The SMILES string of the molecule is Clc1ccc2c(c1)OCCC=C2Br. The van der Waals surface area contributed by atoms with Gasteiger partial charge in [-0.25, -0.2) is 0 Å². The molecule has 68 valence electrons. The Labute approximate surface area is 90.5 Å². The van der Waals surface area contributed by atoms with Crippen molar-refractivity contribution < 1.29 is 4.74 Å². The van der Waals surface area contributed by atoms with Crippen molar-refractivity contribution in [3.8, 4) is 5.75 Å². The van der Waals surface area contributed by atoms with Crippen LogP contribution >= 0.6 is 27.5 Å². The summed E-state index contributed by atoms with van der Waals surface area (Å²) in [7, 11) is 0. The van der Waals surface area contributed by atoms with Gasteiger partial charge in [0.05, 0.1) is 6.61 Å². The Morgan fingerprint density at radius 1 is 1.38 bits per heavy atom. The summed E-state index contributed by atoms with van der Waals surface area (Å²) in [5, 5.41) is 0.709. The summed E-state index contributed by atoms with van der Waals surface area (Å²) in [6.07, 6.45) is 3.03. The third-order valence-electron chi connectivity index (χ3n) is 1.90. The first-order valence-corrected chi connectivity index (χ1v) is 5.23. The molecule has 1 aliphatic rings. The van der Waals surface area contributed by atoms with Crippen molar-refractivity contribution in [1.82, 2.24) is 0 Å². The van der Waals surface area contributed by atoms with Crippen molar-refractivity contribution in [1.29, 1.82) is 0 Å². The lowest BCUT2D eigenvalue weighted by atomic mass is 10.2. The van der Waals surface area contributed by atoms with Crippen molar-refractivity contribution in [2.75, 3.05) is 6.61 Å². The smallest absolute Gasteiger partial charge is 0.129 e. The zero-order chi connectivity index (χ0) is 9.26. The van der Waals surface area contributed by atoms with Gasteiger partial charge in [0, 0.05) is 21.5 Å². The number of hydrogen-bond acceptors (Lipinski definition) is 1. The maximum Gasteiger partial charge on any atom is 0.129 e.